The summed E-state index contributed by atoms with van der Waals surface area (Å²) in [5.41, 5.74) is 0.857. The SMILES string of the molecule is CC(C)(C)OC(=O)N1CCCCC1CNc1ccc(NC=C2C(=O)OC(C)(C)OC2=O)cc1. The summed E-state index contributed by atoms with van der Waals surface area (Å²) >= 11 is 0. The van der Waals surface area contributed by atoms with E-state index in [9.17, 15) is 14.4 Å². The lowest BCUT2D eigenvalue weighted by Gasteiger charge is -2.37. The first-order valence-electron chi connectivity index (χ1n) is 11.2. The van der Waals surface area contributed by atoms with Crippen LogP contribution < -0.4 is 10.6 Å². The van der Waals surface area contributed by atoms with Crippen LogP contribution in [0.3, 0.4) is 0 Å². The number of nitrogens with zero attached hydrogens (tertiary/aromatic N) is 1. The smallest absolute Gasteiger partial charge is 0.410 e. The fourth-order valence-electron chi connectivity index (χ4n) is 3.63. The zero-order valence-electron chi connectivity index (χ0n) is 19.9. The highest BCUT2D eigenvalue weighted by molar-refractivity contribution is 6.15. The van der Waals surface area contributed by atoms with Gasteiger partial charge in [-0.1, -0.05) is 0 Å². The summed E-state index contributed by atoms with van der Waals surface area (Å²) in [5.74, 6) is -2.73. The Bertz CT molecular complexity index is 895. The van der Waals surface area contributed by atoms with E-state index in [4.69, 9.17) is 14.2 Å². The summed E-state index contributed by atoms with van der Waals surface area (Å²) in [7, 11) is 0. The van der Waals surface area contributed by atoms with Gasteiger partial charge in [0.05, 0.1) is 6.04 Å². The predicted octanol–water partition coefficient (Wildman–Crippen LogP) is 4.02. The Hall–Kier alpha value is -3.23. The Morgan fingerprint density at radius 1 is 1.12 bits per heavy atom. The lowest BCUT2D eigenvalue weighted by molar-refractivity contribution is -0.222. The van der Waals surface area contributed by atoms with E-state index in [1.54, 1.807) is 0 Å². The second kappa shape index (κ2) is 9.72. The number of hydrogen-bond acceptors (Lipinski definition) is 8. The fourth-order valence-corrected chi connectivity index (χ4v) is 3.63. The summed E-state index contributed by atoms with van der Waals surface area (Å²) in [6.07, 6.45) is 3.98. The molecular formula is C24H33N3O6. The van der Waals surface area contributed by atoms with Gasteiger partial charge in [-0.2, -0.15) is 0 Å². The molecule has 180 valence electrons. The van der Waals surface area contributed by atoms with Gasteiger partial charge in [-0.3, -0.25) is 0 Å². The third kappa shape index (κ3) is 6.87. The summed E-state index contributed by atoms with van der Waals surface area (Å²) in [6, 6.07) is 7.44. The van der Waals surface area contributed by atoms with Crippen molar-refractivity contribution in [2.24, 2.45) is 0 Å². The van der Waals surface area contributed by atoms with Crippen molar-refractivity contribution in [1.29, 1.82) is 0 Å². The number of carbonyl (C=O) groups is 3. The van der Waals surface area contributed by atoms with Crippen molar-refractivity contribution in [3.05, 3.63) is 36.0 Å². The Kier molecular flexibility index (Phi) is 7.19. The van der Waals surface area contributed by atoms with Gasteiger partial charge in [0.1, 0.15) is 5.60 Å². The van der Waals surface area contributed by atoms with Crippen LogP contribution in [-0.2, 0) is 23.8 Å². The van der Waals surface area contributed by atoms with Gasteiger partial charge in [0.15, 0.2) is 5.57 Å². The van der Waals surface area contributed by atoms with E-state index < -0.39 is 23.3 Å². The molecule has 1 aromatic carbocycles. The number of rotatable bonds is 5. The minimum atomic E-state index is -1.27. The van der Waals surface area contributed by atoms with Gasteiger partial charge >= 0.3 is 18.0 Å². The van der Waals surface area contributed by atoms with Gasteiger partial charge in [0.2, 0.25) is 0 Å². The lowest BCUT2D eigenvalue weighted by atomic mass is 10.0. The number of carbonyl (C=O) groups excluding carboxylic acids is 3. The molecule has 2 aliphatic rings. The first-order chi connectivity index (χ1) is 15.4. The first-order valence-corrected chi connectivity index (χ1v) is 11.2. The van der Waals surface area contributed by atoms with E-state index in [1.165, 1.54) is 20.0 Å². The van der Waals surface area contributed by atoms with Crippen LogP contribution in [-0.4, -0.2) is 53.5 Å². The van der Waals surface area contributed by atoms with Gasteiger partial charge in [0, 0.05) is 44.5 Å². The molecule has 0 saturated carbocycles. The third-order valence-electron chi connectivity index (χ3n) is 5.18. The molecule has 2 heterocycles. The van der Waals surface area contributed by atoms with E-state index >= 15 is 0 Å². The minimum Gasteiger partial charge on any atom is -0.444 e. The maximum Gasteiger partial charge on any atom is 0.410 e. The monoisotopic (exact) mass is 459 g/mol. The Labute approximate surface area is 194 Å². The van der Waals surface area contributed by atoms with E-state index in [1.807, 2.05) is 49.9 Å². The maximum absolute atomic E-state index is 12.6. The maximum atomic E-state index is 12.6. The van der Waals surface area contributed by atoms with Crippen molar-refractivity contribution in [1.82, 2.24) is 4.90 Å². The van der Waals surface area contributed by atoms with Crippen molar-refractivity contribution < 1.29 is 28.6 Å². The molecule has 9 nitrogen and oxygen atoms in total. The molecule has 2 saturated heterocycles. The zero-order valence-corrected chi connectivity index (χ0v) is 19.9. The number of esters is 2. The molecule has 0 radical (unpaired) electrons. The van der Waals surface area contributed by atoms with Crippen LogP contribution in [0.5, 0.6) is 0 Å². The number of cyclic esters (lactones) is 2. The lowest BCUT2D eigenvalue weighted by Crippen LogP contribution is -2.48. The van der Waals surface area contributed by atoms with Crippen molar-refractivity contribution in [3.8, 4) is 0 Å². The highest BCUT2D eigenvalue weighted by Crippen LogP contribution is 2.24. The van der Waals surface area contributed by atoms with Gasteiger partial charge in [-0.25, -0.2) is 14.4 Å². The molecule has 0 spiro atoms. The number of ether oxygens (including phenoxy) is 3. The quantitative estimate of drug-likeness (QED) is 0.386. The number of anilines is 2. The number of nitrogens with one attached hydrogen (secondary N) is 2. The Balaban J connectivity index is 1.55. The predicted molar refractivity (Wildman–Crippen MR) is 123 cm³/mol. The number of benzene rings is 1. The molecule has 0 aliphatic carbocycles. The number of likely N-dealkylation sites (tertiary alicyclic amines) is 1. The van der Waals surface area contributed by atoms with E-state index in [0.717, 1.165) is 24.9 Å². The normalized spacial score (nSPS) is 20.5. The molecule has 33 heavy (non-hydrogen) atoms. The van der Waals surface area contributed by atoms with Crippen LogP contribution in [0.1, 0.15) is 53.9 Å². The summed E-state index contributed by atoms with van der Waals surface area (Å²) in [5, 5.41) is 6.30. The second-order valence-corrected chi connectivity index (χ2v) is 9.66. The summed E-state index contributed by atoms with van der Waals surface area (Å²) in [6.45, 7) is 9.92. The van der Waals surface area contributed by atoms with Crippen LogP contribution in [0.2, 0.25) is 0 Å². The average Bonchev–Trinajstić information content (AvgIpc) is 2.70. The number of piperidine rings is 1. The minimum absolute atomic E-state index is 0.0590. The van der Waals surface area contributed by atoms with Crippen LogP contribution in [0.4, 0.5) is 16.2 Å². The number of hydrogen-bond donors (Lipinski definition) is 2. The van der Waals surface area contributed by atoms with E-state index in [0.29, 0.717) is 18.8 Å². The molecule has 1 unspecified atom stereocenters. The summed E-state index contributed by atoms with van der Waals surface area (Å²) < 4.78 is 15.7. The average molecular weight is 460 g/mol. The van der Waals surface area contributed by atoms with Crippen molar-refractivity contribution in [2.75, 3.05) is 23.7 Å². The highest BCUT2D eigenvalue weighted by Gasteiger charge is 2.39. The molecule has 2 N–H and O–H groups in total. The fraction of sp³-hybridized carbons (Fsp3) is 0.542. The molecule has 1 atom stereocenters. The van der Waals surface area contributed by atoms with Gasteiger partial charge in [-0.05, 0) is 64.3 Å². The van der Waals surface area contributed by atoms with Crippen molar-refractivity contribution in [3.63, 3.8) is 0 Å². The standard InChI is InChI=1S/C24H33N3O6/c1-23(2,3)33-22(30)27-13-7-6-8-18(27)14-25-16-9-11-17(12-10-16)26-15-19-20(28)31-24(4,5)32-21(19)29/h9-12,15,18,25-26H,6-8,13-14H2,1-5H3. The molecule has 9 heteroatoms. The topological polar surface area (TPSA) is 106 Å². The summed E-state index contributed by atoms with van der Waals surface area (Å²) in [4.78, 5) is 38.4. The molecule has 3 rings (SSSR count). The zero-order chi connectivity index (χ0) is 24.2. The van der Waals surface area contributed by atoms with E-state index in [-0.39, 0.29) is 17.7 Å². The Morgan fingerprint density at radius 3 is 2.33 bits per heavy atom. The van der Waals surface area contributed by atoms with E-state index in [2.05, 4.69) is 10.6 Å². The third-order valence-corrected chi connectivity index (χ3v) is 5.18. The van der Waals surface area contributed by atoms with Crippen molar-refractivity contribution in [2.45, 2.75) is 71.3 Å². The first kappa shape index (κ1) is 24.4. The van der Waals surface area contributed by atoms with Crippen molar-refractivity contribution >= 4 is 29.4 Å². The molecule has 2 fully saturated rings. The Morgan fingerprint density at radius 2 is 1.73 bits per heavy atom. The van der Waals surface area contributed by atoms with Crippen LogP contribution >= 0.6 is 0 Å². The largest absolute Gasteiger partial charge is 0.444 e. The molecule has 0 bridgehead atoms. The van der Waals surface area contributed by atoms with Crippen LogP contribution in [0.15, 0.2) is 36.0 Å². The van der Waals surface area contributed by atoms with Crippen LogP contribution in [0, 0.1) is 0 Å². The molecule has 2 aliphatic heterocycles. The molecule has 1 amide bonds. The molecular weight excluding hydrogens is 426 g/mol. The number of amides is 1. The van der Waals surface area contributed by atoms with Crippen LogP contribution in [0.25, 0.3) is 0 Å². The highest BCUT2D eigenvalue weighted by atomic mass is 16.7. The second-order valence-electron chi connectivity index (χ2n) is 9.66. The molecule has 1 aromatic rings. The van der Waals surface area contributed by atoms with Gasteiger partial charge in [-0.15, -0.1) is 0 Å². The van der Waals surface area contributed by atoms with Gasteiger partial charge in [0.25, 0.3) is 5.79 Å². The van der Waals surface area contributed by atoms with Gasteiger partial charge < -0.3 is 29.7 Å². The molecule has 0 aromatic heterocycles.